The zero-order chi connectivity index (χ0) is 20.4. The van der Waals surface area contributed by atoms with Gasteiger partial charge in [0.05, 0.1) is 11.8 Å². The molecule has 4 nitrogen and oxygen atoms in total. The molecule has 0 aromatic carbocycles. The number of hydrogen-bond acceptors (Lipinski definition) is 3. The number of aliphatic hydroxyl groups is 1. The Morgan fingerprint density at radius 2 is 2.00 bits per heavy atom. The van der Waals surface area contributed by atoms with Crippen molar-refractivity contribution in [1.29, 1.82) is 0 Å². The van der Waals surface area contributed by atoms with Gasteiger partial charge in [-0.3, -0.25) is 9.48 Å². The molecule has 3 fully saturated rings. The minimum Gasteiger partial charge on any atom is -0.393 e. The van der Waals surface area contributed by atoms with Gasteiger partial charge in [-0.25, -0.2) is 0 Å². The van der Waals surface area contributed by atoms with Crippen molar-refractivity contribution in [2.75, 3.05) is 0 Å². The van der Waals surface area contributed by atoms with Crippen LogP contribution in [0, 0.1) is 28.6 Å². The lowest BCUT2D eigenvalue weighted by atomic mass is 9.48. The first kappa shape index (κ1) is 19.3. The number of ketones is 1. The van der Waals surface area contributed by atoms with Crippen LogP contribution < -0.4 is 0 Å². The maximum absolute atomic E-state index is 13.5. The Labute approximate surface area is 174 Å². The standard InChI is InChI=1S/C25H34N2O2/c1-4-27-12-9-18(26-27)13-16-14-22-20-6-5-17-15-19(28)7-10-24(17,2)21(20)8-11-25(22,3)23(16)29/h5,9,12-13,19-22,28H,4,6-8,10-11,14-15H2,1-3H3/b16-13-/t19-,20+,21-,22-,24-,25-/m0/s1. The third-order valence-electron chi connectivity index (χ3n) is 9.03. The number of aliphatic hydroxyl groups excluding tert-OH is 1. The second-order valence-corrected chi connectivity index (χ2v) is 10.4. The van der Waals surface area contributed by atoms with Crippen molar-refractivity contribution in [3.05, 3.63) is 35.2 Å². The molecule has 1 N–H and O–H groups in total. The summed E-state index contributed by atoms with van der Waals surface area (Å²) >= 11 is 0. The molecule has 1 aromatic heterocycles. The molecule has 3 saturated carbocycles. The van der Waals surface area contributed by atoms with E-state index in [0.717, 1.165) is 62.8 Å². The molecule has 4 aliphatic rings. The number of hydrogen-bond donors (Lipinski definition) is 1. The topological polar surface area (TPSA) is 55.1 Å². The third-order valence-corrected chi connectivity index (χ3v) is 9.03. The van der Waals surface area contributed by atoms with Gasteiger partial charge in [-0.2, -0.15) is 5.10 Å². The first-order chi connectivity index (χ1) is 13.8. The molecular weight excluding hydrogens is 360 g/mol. The van der Waals surface area contributed by atoms with E-state index in [-0.39, 0.29) is 16.9 Å². The van der Waals surface area contributed by atoms with E-state index in [9.17, 15) is 9.90 Å². The quantitative estimate of drug-likeness (QED) is 0.580. The largest absolute Gasteiger partial charge is 0.393 e. The van der Waals surface area contributed by atoms with Gasteiger partial charge in [0.25, 0.3) is 0 Å². The van der Waals surface area contributed by atoms with Crippen LogP contribution in [0.1, 0.15) is 71.4 Å². The third kappa shape index (κ3) is 2.82. The zero-order valence-corrected chi connectivity index (χ0v) is 18.0. The molecule has 0 radical (unpaired) electrons. The average Bonchev–Trinajstić information content (AvgIpc) is 3.26. The number of carbonyl (C=O) groups is 1. The van der Waals surface area contributed by atoms with Gasteiger partial charge in [-0.15, -0.1) is 0 Å². The predicted molar refractivity (Wildman–Crippen MR) is 114 cm³/mol. The van der Waals surface area contributed by atoms with Crippen LogP contribution in [0.4, 0.5) is 0 Å². The molecule has 1 aromatic rings. The van der Waals surface area contributed by atoms with E-state index in [4.69, 9.17) is 0 Å². The SMILES string of the molecule is CCn1ccc(/C=C2/C[C@H]3[C@@H]4CC=C5C[C@@H](O)CC[C@]5(C)[C@H]4CC[C@]3(C)C2=O)n1. The van der Waals surface area contributed by atoms with Crippen LogP contribution in [0.3, 0.4) is 0 Å². The maximum atomic E-state index is 13.5. The summed E-state index contributed by atoms with van der Waals surface area (Å²) in [4.78, 5) is 13.5. The van der Waals surface area contributed by atoms with Crippen LogP contribution in [0.15, 0.2) is 29.5 Å². The minimum absolute atomic E-state index is 0.162. The van der Waals surface area contributed by atoms with Crippen LogP contribution >= 0.6 is 0 Å². The Hall–Kier alpha value is -1.68. The molecule has 5 rings (SSSR count). The highest BCUT2D eigenvalue weighted by molar-refractivity contribution is 6.05. The van der Waals surface area contributed by atoms with Gasteiger partial charge in [-0.1, -0.05) is 25.5 Å². The van der Waals surface area contributed by atoms with E-state index >= 15 is 0 Å². The molecule has 0 spiro atoms. The molecule has 0 amide bonds. The fourth-order valence-electron chi connectivity index (χ4n) is 7.25. The summed E-state index contributed by atoms with van der Waals surface area (Å²) in [7, 11) is 0. The number of aromatic nitrogens is 2. The van der Waals surface area contributed by atoms with Gasteiger partial charge in [0.15, 0.2) is 5.78 Å². The van der Waals surface area contributed by atoms with Crippen molar-refractivity contribution in [3.8, 4) is 0 Å². The van der Waals surface area contributed by atoms with E-state index in [0.29, 0.717) is 23.5 Å². The Bertz CT molecular complexity index is 896. The molecule has 156 valence electrons. The summed E-state index contributed by atoms with van der Waals surface area (Å²) in [6.45, 7) is 7.60. The normalized spacial score (nSPS) is 43.0. The van der Waals surface area contributed by atoms with Crippen molar-refractivity contribution >= 4 is 11.9 Å². The fourth-order valence-corrected chi connectivity index (χ4v) is 7.25. The van der Waals surface area contributed by atoms with E-state index in [1.54, 1.807) is 0 Å². The van der Waals surface area contributed by atoms with Crippen molar-refractivity contribution in [3.63, 3.8) is 0 Å². The Kier molecular flexibility index (Phi) is 4.43. The summed E-state index contributed by atoms with van der Waals surface area (Å²) in [5.74, 6) is 2.04. The molecule has 29 heavy (non-hydrogen) atoms. The van der Waals surface area contributed by atoms with Crippen molar-refractivity contribution < 1.29 is 9.90 Å². The van der Waals surface area contributed by atoms with Gasteiger partial charge < -0.3 is 5.11 Å². The lowest BCUT2D eigenvalue weighted by Gasteiger charge is -2.56. The smallest absolute Gasteiger partial charge is 0.165 e. The average molecular weight is 395 g/mol. The van der Waals surface area contributed by atoms with E-state index in [1.807, 2.05) is 16.9 Å². The Morgan fingerprint density at radius 3 is 2.76 bits per heavy atom. The van der Waals surface area contributed by atoms with E-state index < -0.39 is 0 Å². The van der Waals surface area contributed by atoms with Crippen LogP contribution in [-0.4, -0.2) is 26.8 Å². The summed E-state index contributed by atoms with van der Waals surface area (Å²) in [5.41, 5.74) is 3.40. The molecule has 4 heteroatoms. The summed E-state index contributed by atoms with van der Waals surface area (Å²) < 4.78 is 1.92. The minimum atomic E-state index is -0.212. The number of aryl methyl sites for hydroxylation is 1. The van der Waals surface area contributed by atoms with Crippen molar-refractivity contribution in [2.45, 2.75) is 78.4 Å². The second-order valence-electron chi connectivity index (χ2n) is 10.4. The van der Waals surface area contributed by atoms with Gasteiger partial charge in [0, 0.05) is 18.2 Å². The predicted octanol–water partition coefficient (Wildman–Crippen LogP) is 4.79. The van der Waals surface area contributed by atoms with Gasteiger partial charge in [-0.05, 0) is 92.8 Å². The monoisotopic (exact) mass is 394 g/mol. The number of fused-ring (bicyclic) bond motifs is 5. The van der Waals surface area contributed by atoms with Crippen LogP contribution in [-0.2, 0) is 11.3 Å². The maximum Gasteiger partial charge on any atom is 0.165 e. The second kappa shape index (κ2) is 6.66. The molecule has 1 heterocycles. The highest BCUT2D eigenvalue weighted by Gasteiger charge is 2.59. The van der Waals surface area contributed by atoms with Gasteiger partial charge in [0.2, 0.25) is 0 Å². The fraction of sp³-hybridized carbons (Fsp3) is 0.680. The van der Waals surface area contributed by atoms with Gasteiger partial charge >= 0.3 is 0 Å². The first-order valence-electron chi connectivity index (χ1n) is 11.5. The number of allylic oxidation sites excluding steroid dienone is 2. The van der Waals surface area contributed by atoms with Crippen LogP contribution in [0.5, 0.6) is 0 Å². The number of Topliss-reactive ketones (excluding diaryl/α,β-unsaturated/α-hetero) is 1. The number of carbonyl (C=O) groups excluding carboxylic acids is 1. The van der Waals surface area contributed by atoms with E-state index in [2.05, 4.69) is 38.0 Å². The number of rotatable bonds is 2. The molecule has 6 atom stereocenters. The molecule has 0 saturated heterocycles. The highest BCUT2D eigenvalue weighted by Crippen LogP contribution is 2.64. The Morgan fingerprint density at radius 1 is 1.21 bits per heavy atom. The lowest BCUT2D eigenvalue weighted by Crippen LogP contribution is -2.50. The lowest BCUT2D eigenvalue weighted by molar-refractivity contribution is -0.130. The first-order valence-corrected chi connectivity index (χ1v) is 11.5. The van der Waals surface area contributed by atoms with Crippen LogP contribution in [0.25, 0.3) is 6.08 Å². The summed E-state index contributed by atoms with van der Waals surface area (Å²) in [5, 5.41) is 14.8. The Balaban J connectivity index is 1.46. The number of nitrogens with zero attached hydrogens (tertiary/aromatic N) is 2. The van der Waals surface area contributed by atoms with Crippen molar-refractivity contribution in [2.24, 2.45) is 28.6 Å². The van der Waals surface area contributed by atoms with E-state index in [1.165, 1.54) is 5.57 Å². The molecular formula is C25H34N2O2. The highest BCUT2D eigenvalue weighted by atomic mass is 16.3. The van der Waals surface area contributed by atoms with Crippen molar-refractivity contribution in [1.82, 2.24) is 9.78 Å². The summed E-state index contributed by atoms with van der Waals surface area (Å²) in [6, 6.07) is 2.01. The van der Waals surface area contributed by atoms with Gasteiger partial charge in [0.1, 0.15) is 0 Å². The molecule has 4 aliphatic carbocycles. The molecule has 0 bridgehead atoms. The van der Waals surface area contributed by atoms with Crippen LogP contribution in [0.2, 0.25) is 0 Å². The zero-order valence-electron chi connectivity index (χ0n) is 18.0. The molecule has 0 unspecified atom stereocenters. The summed E-state index contributed by atoms with van der Waals surface area (Å²) in [6.07, 6.45) is 13.3. The molecule has 0 aliphatic heterocycles.